The number of aryl methyl sites for hydroxylation is 1. The summed E-state index contributed by atoms with van der Waals surface area (Å²) in [6.07, 6.45) is 3.66. The van der Waals surface area contributed by atoms with Gasteiger partial charge >= 0.3 is 0 Å². The fourth-order valence-electron chi connectivity index (χ4n) is 2.39. The molecule has 1 rings (SSSR count). The Hall–Kier alpha value is -0.380. The SMILES string of the molecule is CCc1ccc(CC(CNCCOC)CC(C)C)s1. The van der Waals surface area contributed by atoms with Crippen LogP contribution in [0.25, 0.3) is 0 Å². The van der Waals surface area contributed by atoms with Crippen LogP contribution < -0.4 is 5.32 Å². The molecule has 0 fully saturated rings. The van der Waals surface area contributed by atoms with E-state index in [4.69, 9.17) is 4.74 Å². The highest BCUT2D eigenvalue weighted by molar-refractivity contribution is 7.11. The van der Waals surface area contributed by atoms with Crippen LogP contribution in [0.1, 0.15) is 36.9 Å². The van der Waals surface area contributed by atoms with Crippen LogP contribution in [0.4, 0.5) is 0 Å². The van der Waals surface area contributed by atoms with E-state index in [2.05, 4.69) is 38.2 Å². The Bertz CT molecular complexity index is 335. The lowest BCUT2D eigenvalue weighted by atomic mass is 9.93. The van der Waals surface area contributed by atoms with E-state index in [1.165, 1.54) is 22.6 Å². The van der Waals surface area contributed by atoms with E-state index in [1.54, 1.807) is 7.11 Å². The summed E-state index contributed by atoms with van der Waals surface area (Å²) in [6, 6.07) is 4.59. The molecule has 0 aliphatic rings. The number of hydrogen-bond donors (Lipinski definition) is 1. The van der Waals surface area contributed by atoms with Crippen LogP contribution in [-0.4, -0.2) is 26.8 Å². The van der Waals surface area contributed by atoms with E-state index in [9.17, 15) is 0 Å². The van der Waals surface area contributed by atoms with Crippen molar-refractivity contribution in [3.05, 3.63) is 21.9 Å². The van der Waals surface area contributed by atoms with Gasteiger partial charge < -0.3 is 10.1 Å². The molecular weight excluding hydrogens is 254 g/mol. The van der Waals surface area contributed by atoms with Gasteiger partial charge in [0, 0.05) is 23.4 Å². The van der Waals surface area contributed by atoms with Gasteiger partial charge in [0.05, 0.1) is 6.61 Å². The summed E-state index contributed by atoms with van der Waals surface area (Å²) in [5.41, 5.74) is 0. The highest BCUT2D eigenvalue weighted by Gasteiger charge is 2.13. The van der Waals surface area contributed by atoms with Crippen molar-refractivity contribution in [2.45, 2.75) is 40.0 Å². The van der Waals surface area contributed by atoms with Crippen molar-refractivity contribution >= 4 is 11.3 Å². The van der Waals surface area contributed by atoms with Gasteiger partial charge in [-0.1, -0.05) is 20.8 Å². The lowest BCUT2D eigenvalue weighted by Gasteiger charge is -2.19. The zero-order valence-corrected chi connectivity index (χ0v) is 13.7. The van der Waals surface area contributed by atoms with Gasteiger partial charge in [0.25, 0.3) is 0 Å². The van der Waals surface area contributed by atoms with Crippen molar-refractivity contribution in [2.75, 3.05) is 26.8 Å². The average molecular weight is 283 g/mol. The molecule has 0 radical (unpaired) electrons. The molecule has 0 aromatic carbocycles. The molecule has 1 aromatic rings. The van der Waals surface area contributed by atoms with Gasteiger partial charge in [0.2, 0.25) is 0 Å². The minimum atomic E-state index is 0.736. The largest absolute Gasteiger partial charge is 0.383 e. The first-order valence-corrected chi connectivity index (χ1v) is 8.24. The highest BCUT2D eigenvalue weighted by Crippen LogP contribution is 2.23. The van der Waals surface area contributed by atoms with Crippen LogP contribution >= 0.6 is 11.3 Å². The molecule has 1 atom stereocenters. The normalized spacial score (nSPS) is 13.1. The quantitative estimate of drug-likeness (QED) is 0.660. The van der Waals surface area contributed by atoms with Gasteiger partial charge in [-0.2, -0.15) is 0 Å². The van der Waals surface area contributed by atoms with E-state index < -0.39 is 0 Å². The van der Waals surface area contributed by atoms with Gasteiger partial charge in [-0.05, 0) is 49.8 Å². The summed E-state index contributed by atoms with van der Waals surface area (Å²) in [7, 11) is 1.76. The van der Waals surface area contributed by atoms with Crippen LogP contribution in [0.2, 0.25) is 0 Å². The topological polar surface area (TPSA) is 21.3 Å². The molecule has 0 aliphatic carbocycles. The minimum Gasteiger partial charge on any atom is -0.383 e. The van der Waals surface area contributed by atoms with Gasteiger partial charge in [0.1, 0.15) is 0 Å². The van der Waals surface area contributed by atoms with Gasteiger partial charge in [-0.15, -0.1) is 11.3 Å². The predicted molar refractivity (Wildman–Crippen MR) is 85.1 cm³/mol. The van der Waals surface area contributed by atoms with E-state index in [1.807, 2.05) is 11.3 Å². The third-order valence-electron chi connectivity index (χ3n) is 3.28. The fraction of sp³-hybridized carbons (Fsp3) is 0.750. The van der Waals surface area contributed by atoms with Crippen LogP contribution in [0.3, 0.4) is 0 Å². The maximum Gasteiger partial charge on any atom is 0.0587 e. The van der Waals surface area contributed by atoms with Crippen LogP contribution in [-0.2, 0) is 17.6 Å². The number of methoxy groups -OCH3 is 1. The molecule has 19 heavy (non-hydrogen) atoms. The average Bonchev–Trinajstić information content (AvgIpc) is 2.81. The Kier molecular flexibility index (Phi) is 8.35. The molecule has 1 heterocycles. The molecule has 0 spiro atoms. The van der Waals surface area contributed by atoms with E-state index in [0.717, 1.165) is 38.0 Å². The molecule has 0 amide bonds. The molecule has 3 heteroatoms. The highest BCUT2D eigenvalue weighted by atomic mass is 32.1. The smallest absolute Gasteiger partial charge is 0.0587 e. The molecule has 0 bridgehead atoms. The lowest BCUT2D eigenvalue weighted by Crippen LogP contribution is -2.28. The van der Waals surface area contributed by atoms with E-state index >= 15 is 0 Å². The third kappa shape index (κ3) is 7.09. The predicted octanol–water partition coefficient (Wildman–Crippen LogP) is 3.75. The molecule has 0 aliphatic heterocycles. The minimum absolute atomic E-state index is 0.736. The van der Waals surface area contributed by atoms with Crippen molar-refractivity contribution < 1.29 is 4.74 Å². The van der Waals surface area contributed by atoms with Crippen molar-refractivity contribution in [1.29, 1.82) is 0 Å². The summed E-state index contributed by atoms with van der Waals surface area (Å²) < 4.78 is 5.08. The van der Waals surface area contributed by atoms with Crippen molar-refractivity contribution in [1.82, 2.24) is 5.32 Å². The molecule has 1 N–H and O–H groups in total. The first-order chi connectivity index (χ1) is 9.15. The van der Waals surface area contributed by atoms with Crippen LogP contribution in [0.5, 0.6) is 0 Å². The maximum absolute atomic E-state index is 5.08. The Balaban J connectivity index is 2.43. The molecule has 1 unspecified atom stereocenters. The Morgan fingerprint density at radius 1 is 1.26 bits per heavy atom. The number of nitrogens with one attached hydrogen (secondary N) is 1. The van der Waals surface area contributed by atoms with Crippen LogP contribution in [0, 0.1) is 11.8 Å². The maximum atomic E-state index is 5.08. The summed E-state index contributed by atoms with van der Waals surface area (Å²) in [5, 5.41) is 3.51. The Morgan fingerprint density at radius 3 is 2.58 bits per heavy atom. The van der Waals surface area contributed by atoms with Crippen molar-refractivity contribution in [2.24, 2.45) is 11.8 Å². The first kappa shape index (κ1) is 16.7. The van der Waals surface area contributed by atoms with E-state index in [0.29, 0.717) is 0 Å². The standard InChI is InChI=1S/C16H29NOS/c1-5-15-6-7-16(19-15)11-14(10-13(2)3)12-17-8-9-18-4/h6-7,13-14,17H,5,8-12H2,1-4H3. The summed E-state index contributed by atoms with van der Waals surface area (Å²) >= 11 is 1.98. The summed E-state index contributed by atoms with van der Waals surface area (Å²) in [4.78, 5) is 3.04. The van der Waals surface area contributed by atoms with Crippen molar-refractivity contribution in [3.8, 4) is 0 Å². The van der Waals surface area contributed by atoms with Gasteiger partial charge in [-0.3, -0.25) is 0 Å². The van der Waals surface area contributed by atoms with Gasteiger partial charge in [0.15, 0.2) is 0 Å². The number of hydrogen-bond acceptors (Lipinski definition) is 3. The molecular formula is C16H29NOS. The summed E-state index contributed by atoms with van der Waals surface area (Å²) in [6.45, 7) is 9.71. The number of ether oxygens (including phenoxy) is 1. The van der Waals surface area contributed by atoms with Gasteiger partial charge in [-0.25, -0.2) is 0 Å². The summed E-state index contributed by atoms with van der Waals surface area (Å²) in [5.74, 6) is 1.50. The molecule has 2 nitrogen and oxygen atoms in total. The zero-order valence-electron chi connectivity index (χ0n) is 12.9. The molecule has 0 saturated carbocycles. The monoisotopic (exact) mass is 283 g/mol. The second-order valence-electron chi connectivity index (χ2n) is 5.62. The van der Waals surface area contributed by atoms with Crippen LogP contribution in [0.15, 0.2) is 12.1 Å². The zero-order chi connectivity index (χ0) is 14.1. The van der Waals surface area contributed by atoms with E-state index in [-0.39, 0.29) is 0 Å². The Morgan fingerprint density at radius 2 is 2.00 bits per heavy atom. The fourth-order valence-corrected chi connectivity index (χ4v) is 3.46. The Labute approximate surface area is 122 Å². The third-order valence-corrected chi connectivity index (χ3v) is 4.53. The number of rotatable bonds is 10. The first-order valence-electron chi connectivity index (χ1n) is 7.42. The second kappa shape index (κ2) is 9.51. The molecule has 0 saturated heterocycles. The number of thiophene rings is 1. The molecule has 110 valence electrons. The second-order valence-corrected chi connectivity index (χ2v) is 6.87. The van der Waals surface area contributed by atoms with Crippen molar-refractivity contribution in [3.63, 3.8) is 0 Å². The molecule has 1 aromatic heterocycles. The lowest BCUT2D eigenvalue weighted by molar-refractivity contribution is 0.197.